The van der Waals surface area contributed by atoms with Crippen LogP contribution in [0.4, 0.5) is 5.69 Å². The Labute approximate surface area is 225 Å². The van der Waals surface area contributed by atoms with E-state index in [0.717, 1.165) is 10.6 Å². The van der Waals surface area contributed by atoms with Crippen molar-refractivity contribution in [1.82, 2.24) is 21.0 Å². The summed E-state index contributed by atoms with van der Waals surface area (Å²) in [6.07, 6.45) is -6.61. The fourth-order valence-corrected chi connectivity index (χ4v) is 7.18. The minimum atomic E-state index is -1.75. The predicted octanol–water partition coefficient (Wildman–Crippen LogP) is 0.965. The van der Waals surface area contributed by atoms with Crippen LogP contribution in [0.15, 0.2) is 63.9 Å². The van der Waals surface area contributed by atoms with Gasteiger partial charge in [0.2, 0.25) is 0 Å². The molecular weight excluding hydrogens is 538 g/mol. The van der Waals surface area contributed by atoms with Gasteiger partial charge in [-0.05, 0) is 24.3 Å². The predicted molar refractivity (Wildman–Crippen MR) is 144 cm³/mol. The molecule has 3 aromatic rings. The first kappa shape index (κ1) is 27.8. The zero-order chi connectivity index (χ0) is 26.4. The van der Waals surface area contributed by atoms with Crippen LogP contribution in [0.1, 0.15) is 0 Å². The van der Waals surface area contributed by atoms with Gasteiger partial charge in [-0.3, -0.25) is 5.43 Å². The van der Waals surface area contributed by atoms with E-state index in [-0.39, 0.29) is 0 Å². The fraction of sp³-hybridized carbons (Fsp3) is 0.348. The first-order valence-electron chi connectivity index (χ1n) is 11.2. The second-order valence-electron chi connectivity index (χ2n) is 7.98. The Morgan fingerprint density at radius 3 is 2.43 bits per heavy atom. The quantitative estimate of drug-likeness (QED) is 0.186. The summed E-state index contributed by atoms with van der Waals surface area (Å²) >= 11 is 4.00. The van der Waals surface area contributed by atoms with Crippen LogP contribution in [-0.4, -0.2) is 89.7 Å². The molecule has 0 aliphatic carbocycles. The van der Waals surface area contributed by atoms with Crippen molar-refractivity contribution in [2.75, 3.05) is 13.7 Å². The van der Waals surface area contributed by atoms with E-state index in [2.05, 4.69) is 26.0 Å². The standard InChI is InChI=1S/C23H27N5O6S3/c1-34-14-9-7-13(8-10-14)24-22-27-25-16(18(32)19(33)17(31)15(30)11-29)21(36-22)37-23-28-26-20(35-23)12-5-3-2-4-6-12/h2-10,15-19,21,25,29-33H,11H2,1H3,(H,24,27)/t15-,16?,17-,18+,19+,21?/m1/s1. The number of aromatic nitrogens is 2. The van der Waals surface area contributed by atoms with Crippen molar-refractivity contribution in [3.8, 4) is 16.3 Å². The number of amidine groups is 1. The first-order valence-corrected chi connectivity index (χ1v) is 13.8. The third kappa shape index (κ3) is 6.98. The number of methoxy groups -OCH3 is 1. The van der Waals surface area contributed by atoms with Gasteiger partial charge in [-0.2, -0.15) is 0 Å². The Morgan fingerprint density at radius 2 is 1.76 bits per heavy atom. The van der Waals surface area contributed by atoms with Crippen LogP contribution in [0.2, 0.25) is 0 Å². The molecule has 37 heavy (non-hydrogen) atoms. The molecule has 14 heteroatoms. The lowest BCUT2D eigenvalue weighted by atomic mass is 9.99. The van der Waals surface area contributed by atoms with Gasteiger partial charge in [-0.1, -0.05) is 65.2 Å². The van der Waals surface area contributed by atoms with Crippen molar-refractivity contribution in [3.63, 3.8) is 0 Å². The zero-order valence-electron chi connectivity index (χ0n) is 19.6. The topological polar surface area (TPSA) is 173 Å². The maximum Gasteiger partial charge on any atom is 0.177 e. The molecule has 0 bridgehead atoms. The molecule has 0 spiro atoms. The molecule has 1 saturated heterocycles. The van der Waals surface area contributed by atoms with Crippen LogP contribution in [0.5, 0.6) is 5.75 Å². The Balaban J connectivity index is 1.56. The van der Waals surface area contributed by atoms with Crippen LogP contribution >= 0.6 is 34.9 Å². The highest BCUT2D eigenvalue weighted by Crippen LogP contribution is 2.40. The van der Waals surface area contributed by atoms with E-state index in [0.29, 0.717) is 20.9 Å². The van der Waals surface area contributed by atoms with Crippen LogP contribution in [-0.2, 0) is 0 Å². The molecule has 0 radical (unpaired) electrons. The van der Waals surface area contributed by atoms with Gasteiger partial charge in [0.05, 0.1) is 30.0 Å². The molecule has 2 aromatic carbocycles. The molecule has 2 heterocycles. The Bertz CT molecular complexity index is 1170. The number of aliphatic imine (C=N–C) groups is 1. The van der Waals surface area contributed by atoms with E-state index < -0.39 is 41.6 Å². The van der Waals surface area contributed by atoms with Gasteiger partial charge in [0.1, 0.15) is 35.2 Å². The summed E-state index contributed by atoms with van der Waals surface area (Å²) < 4.78 is 5.34. The van der Waals surface area contributed by atoms with Crippen LogP contribution in [0.25, 0.3) is 10.6 Å². The largest absolute Gasteiger partial charge is 0.497 e. The lowest BCUT2D eigenvalue weighted by Crippen LogP contribution is -2.62. The normalized spacial score (nSPS) is 22.2. The Hall–Kier alpha value is -2.27. The molecule has 6 atom stereocenters. The third-order valence-corrected chi connectivity index (χ3v) is 9.10. The second kappa shape index (κ2) is 13.0. The highest BCUT2D eigenvalue weighted by Gasteiger charge is 2.42. The van der Waals surface area contributed by atoms with Gasteiger partial charge in [0, 0.05) is 5.56 Å². The molecule has 1 aliphatic rings. The average molecular weight is 566 g/mol. The van der Waals surface area contributed by atoms with E-state index in [1.54, 1.807) is 31.4 Å². The maximum absolute atomic E-state index is 10.9. The number of nitrogens with zero attached hydrogens (tertiary/aromatic N) is 3. The number of nitrogens with one attached hydrogen (secondary N) is 2. The van der Waals surface area contributed by atoms with Crippen molar-refractivity contribution in [1.29, 1.82) is 0 Å². The number of thioether (sulfide) groups is 2. The number of hydrazine groups is 1. The van der Waals surface area contributed by atoms with Gasteiger partial charge in [0.25, 0.3) is 0 Å². The highest BCUT2D eigenvalue weighted by molar-refractivity contribution is 8.25. The van der Waals surface area contributed by atoms with Crippen LogP contribution in [0.3, 0.4) is 0 Å². The molecule has 2 unspecified atom stereocenters. The van der Waals surface area contributed by atoms with E-state index in [4.69, 9.17) is 9.84 Å². The molecule has 0 saturated carbocycles. The molecule has 0 amide bonds. The minimum absolute atomic E-state index is 0.474. The number of aliphatic hydroxyl groups excluding tert-OH is 5. The lowest BCUT2D eigenvalue weighted by Gasteiger charge is -2.38. The van der Waals surface area contributed by atoms with Crippen molar-refractivity contribution >= 4 is 45.7 Å². The maximum atomic E-state index is 10.9. The van der Waals surface area contributed by atoms with E-state index in [1.165, 1.54) is 34.9 Å². The number of rotatable bonds is 10. The fourth-order valence-electron chi connectivity index (χ4n) is 3.40. The molecule has 198 valence electrons. The zero-order valence-corrected chi connectivity index (χ0v) is 22.0. The summed E-state index contributed by atoms with van der Waals surface area (Å²) in [6, 6.07) is 16.0. The SMILES string of the molecule is COc1ccc(N=C2NNC([C@H](O)[C@@H](O)[C@H](O)[C@H](O)CO)C(Sc3nnc(-c4ccccc4)s3)S2)cc1. The summed E-state index contributed by atoms with van der Waals surface area (Å²) in [7, 11) is 1.58. The van der Waals surface area contributed by atoms with Crippen molar-refractivity contribution in [2.24, 2.45) is 4.99 Å². The summed E-state index contributed by atoms with van der Waals surface area (Å²) in [5.41, 5.74) is 7.49. The lowest BCUT2D eigenvalue weighted by molar-refractivity contribution is -0.121. The number of hydrogen-bond donors (Lipinski definition) is 7. The molecule has 7 N–H and O–H groups in total. The Morgan fingerprint density at radius 1 is 1.03 bits per heavy atom. The van der Waals surface area contributed by atoms with Crippen LogP contribution < -0.4 is 15.6 Å². The molecular formula is C23H27N5O6S3. The monoisotopic (exact) mass is 565 g/mol. The van der Waals surface area contributed by atoms with Gasteiger partial charge in [-0.15, -0.1) is 10.2 Å². The van der Waals surface area contributed by atoms with E-state index in [9.17, 15) is 20.4 Å². The summed E-state index contributed by atoms with van der Waals surface area (Å²) in [6.45, 7) is -0.764. The number of benzene rings is 2. The minimum Gasteiger partial charge on any atom is -0.497 e. The molecule has 11 nitrogen and oxygen atoms in total. The summed E-state index contributed by atoms with van der Waals surface area (Å²) in [5, 5.41) is 60.2. The van der Waals surface area contributed by atoms with Gasteiger partial charge in [-0.25, -0.2) is 10.4 Å². The smallest absolute Gasteiger partial charge is 0.177 e. The van der Waals surface area contributed by atoms with Gasteiger partial charge >= 0.3 is 0 Å². The van der Waals surface area contributed by atoms with Gasteiger partial charge in [0.15, 0.2) is 9.51 Å². The Kier molecular flexibility index (Phi) is 9.75. The van der Waals surface area contributed by atoms with Crippen molar-refractivity contribution in [3.05, 3.63) is 54.6 Å². The second-order valence-corrected chi connectivity index (χ2v) is 11.8. The molecule has 4 rings (SSSR count). The van der Waals surface area contributed by atoms with E-state index in [1.807, 2.05) is 30.3 Å². The van der Waals surface area contributed by atoms with Crippen molar-refractivity contribution in [2.45, 2.75) is 39.4 Å². The average Bonchev–Trinajstić information content (AvgIpc) is 3.41. The molecule has 1 aromatic heterocycles. The highest BCUT2D eigenvalue weighted by atomic mass is 32.2. The summed E-state index contributed by atoms with van der Waals surface area (Å²) in [5.74, 6) is 0.700. The number of ether oxygens (including phenoxy) is 1. The molecule has 1 aliphatic heterocycles. The number of aliphatic hydroxyl groups is 5. The van der Waals surface area contributed by atoms with Crippen molar-refractivity contribution < 1.29 is 30.3 Å². The van der Waals surface area contributed by atoms with Crippen LogP contribution in [0, 0.1) is 0 Å². The first-order chi connectivity index (χ1) is 17.9. The van der Waals surface area contributed by atoms with Gasteiger partial charge < -0.3 is 30.3 Å². The molecule has 1 fully saturated rings. The van der Waals surface area contributed by atoms with E-state index >= 15 is 0 Å². The number of hydrogen-bond acceptors (Lipinski definition) is 13. The summed E-state index contributed by atoms with van der Waals surface area (Å²) in [4.78, 5) is 4.59. The third-order valence-electron chi connectivity index (χ3n) is 5.46.